The van der Waals surface area contributed by atoms with E-state index in [4.69, 9.17) is 14.2 Å². The molecule has 0 fully saturated rings. The van der Waals surface area contributed by atoms with Crippen LogP contribution in [0.25, 0.3) is 0 Å². The zero-order valence-electron chi connectivity index (χ0n) is 18.2. The number of carbonyl (C=O) groups is 2. The number of amides is 2. The molecule has 0 atom stereocenters. The second kappa shape index (κ2) is 11.1. The van der Waals surface area contributed by atoms with Gasteiger partial charge < -0.3 is 24.4 Å². The van der Waals surface area contributed by atoms with E-state index in [0.717, 1.165) is 5.56 Å². The number of benzene rings is 2. The Kier molecular flexibility index (Phi) is 8.53. The Morgan fingerprint density at radius 1 is 1.03 bits per heavy atom. The lowest BCUT2D eigenvalue weighted by atomic mass is 10.1. The van der Waals surface area contributed by atoms with Gasteiger partial charge in [0.1, 0.15) is 6.61 Å². The molecule has 0 aliphatic carbocycles. The van der Waals surface area contributed by atoms with Gasteiger partial charge in [-0.2, -0.15) is 0 Å². The predicted molar refractivity (Wildman–Crippen MR) is 115 cm³/mol. The first kappa shape index (κ1) is 23.1. The van der Waals surface area contributed by atoms with Gasteiger partial charge in [-0.3, -0.25) is 9.59 Å². The van der Waals surface area contributed by atoms with Crippen molar-refractivity contribution in [1.29, 1.82) is 0 Å². The van der Waals surface area contributed by atoms with Crippen LogP contribution in [-0.4, -0.2) is 50.1 Å². The van der Waals surface area contributed by atoms with Gasteiger partial charge >= 0.3 is 0 Å². The van der Waals surface area contributed by atoms with E-state index in [2.05, 4.69) is 5.32 Å². The molecule has 7 heteroatoms. The first-order valence-electron chi connectivity index (χ1n) is 9.90. The molecule has 2 aromatic carbocycles. The summed E-state index contributed by atoms with van der Waals surface area (Å²) >= 11 is 0. The molecule has 0 aliphatic heterocycles. The van der Waals surface area contributed by atoms with Crippen LogP contribution in [0, 0.1) is 0 Å². The van der Waals surface area contributed by atoms with Gasteiger partial charge in [-0.1, -0.05) is 30.3 Å². The molecular formula is C23H30N2O5. The summed E-state index contributed by atoms with van der Waals surface area (Å²) in [6.07, 6.45) is 0. The number of likely N-dealkylation sites (N-methyl/N-ethyl adjacent to an activating group) is 1. The summed E-state index contributed by atoms with van der Waals surface area (Å²) in [5.74, 6) is 0.693. The Morgan fingerprint density at radius 3 is 2.13 bits per heavy atom. The van der Waals surface area contributed by atoms with Gasteiger partial charge in [-0.05, 0) is 38.5 Å². The van der Waals surface area contributed by atoms with Crippen molar-refractivity contribution in [3.63, 3.8) is 0 Å². The summed E-state index contributed by atoms with van der Waals surface area (Å²) in [6.45, 7) is 6.27. The number of methoxy groups -OCH3 is 2. The van der Waals surface area contributed by atoms with Crippen molar-refractivity contribution in [2.75, 3.05) is 27.3 Å². The minimum absolute atomic E-state index is 0.00698. The SMILES string of the molecule is CCN(CC(=O)NC(C)C)C(=O)c1cc(OC)c(OCc2ccccc2)c(OC)c1. The highest BCUT2D eigenvalue weighted by atomic mass is 16.5. The average Bonchev–Trinajstić information content (AvgIpc) is 2.75. The van der Waals surface area contributed by atoms with Crippen LogP contribution in [0.4, 0.5) is 0 Å². The molecular weight excluding hydrogens is 384 g/mol. The maximum absolute atomic E-state index is 13.0. The fraction of sp³-hybridized carbons (Fsp3) is 0.391. The second-order valence-electron chi connectivity index (χ2n) is 7.03. The molecule has 0 aliphatic rings. The Hall–Kier alpha value is -3.22. The standard InChI is InChI=1S/C23H30N2O5/c1-6-25(14-21(26)24-16(2)3)23(27)18-12-19(28-4)22(20(13-18)29-5)30-15-17-10-8-7-9-11-17/h7-13,16H,6,14-15H2,1-5H3,(H,24,26). The second-order valence-corrected chi connectivity index (χ2v) is 7.03. The fourth-order valence-corrected chi connectivity index (χ4v) is 2.93. The molecule has 1 N–H and O–H groups in total. The normalized spacial score (nSPS) is 10.5. The van der Waals surface area contributed by atoms with Crippen LogP contribution in [0.3, 0.4) is 0 Å². The summed E-state index contributed by atoms with van der Waals surface area (Å²) in [5, 5.41) is 2.80. The lowest BCUT2D eigenvalue weighted by molar-refractivity contribution is -0.122. The van der Waals surface area contributed by atoms with E-state index < -0.39 is 0 Å². The van der Waals surface area contributed by atoms with Crippen LogP contribution in [0.15, 0.2) is 42.5 Å². The predicted octanol–water partition coefficient (Wildman–Crippen LogP) is 3.27. The van der Waals surface area contributed by atoms with E-state index >= 15 is 0 Å². The van der Waals surface area contributed by atoms with Gasteiger partial charge in [0.25, 0.3) is 5.91 Å². The molecule has 0 spiro atoms. The minimum atomic E-state index is -0.289. The van der Waals surface area contributed by atoms with Crippen molar-refractivity contribution >= 4 is 11.8 Å². The zero-order chi connectivity index (χ0) is 22.1. The molecule has 7 nitrogen and oxygen atoms in total. The maximum Gasteiger partial charge on any atom is 0.254 e. The van der Waals surface area contributed by atoms with Gasteiger partial charge in [-0.15, -0.1) is 0 Å². The monoisotopic (exact) mass is 414 g/mol. The summed E-state index contributed by atoms with van der Waals surface area (Å²) in [4.78, 5) is 26.6. The molecule has 162 valence electrons. The third-order valence-electron chi connectivity index (χ3n) is 4.39. The molecule has 2 rings (SSSR count). The Labute approximate surface area is 177 Å². The first-order valence-corrected chi connectivity index (χ1v) is 9.90. The highest BCUT2D eigenvalue weighted by Crippen LogP contribution is 2.39. The molecule has 0 saturated carbocycles. The van der Waals surface area contributed by atoms with Gasteiger partial charge in [0.15, 0.2) is 11.5 Å². The molecule has 30 heavy (non-hydrogen) atoms. The minimum Gasteiger partial charge on any atom is -0.493 e. The van der Waals surface area contributed by atoms with Crippen LogP contribution >= 0.6 is 0 Å². The summed E-state index contributed by atoms with van der Waals surface area (Å²) in [6, 6.07) is 12.9. The van der Waals surface area contributed by atoms with E-state index in [0.29, 0.717) is 36.0 Å². The molecule has 2 amide bonds. The number of nitrogens with one attached hydrogen (secondary N) is 1. The Balaban J connectivity index is 2.25. The molecule has 0 heterocycles. The largest absolute Gasteiger partial charge is 0.493 e. The quantitative estimate of drug-likeness (QED) is 0.646. The van der Waals surface area contributed by atoms with Crippen molar-refractivity contribution in [3.8, 4) is 17.2 Å². The van der Waals surface area contributed by atoms with Crippen LogP contribution in [0.5, 0.6) is 17.2 Å². The van der Waals surface area contributed by atoms with Crippen molar-refractivity contribution in [2.45, 2.75) is 33.4 Å². The van der Waals surface area contributed by atoms with Gasteiger partial charge in [-0.25, -0.2) is 0 Å². The van der Waals surface area contributed by atoms with E-state index in [1.54, 1.807) is 12.1 Å². The highest BCUT2D eigenvalue weighted by Gasteiger charge is 2.22. The Morgan fingerprint density at radius 2 is 1.63 bits per heavy atom. The van der Waals surface area contributed by atoms with Crippen molar-refractivity contribution in [2.24, 2.45) is 0 Å². The third kappa shape index (κ3) is 6.14. The van der Waals surface area contributed by atoms with E-state index in [1.807, 2.05) is 51.1 Å². The smallest absolute Gasteiger partial charge is 0.254 e. The van der Waals surface area contributed by atoms with Crippen LogP contribution < -0.4 is 19.5 Å². The number of carbonyl (C=O) groups excluding carboxylic acids is 2. The zero-order valence-corrected chi connectivity index (χ0v) is 18.2. The molecule has 0 unspecified atom stereocenters. The number of nitrogens with zero attached hydrogens (tertiary/aromatic N) is 1. The fourth-order valence-electron chi connectivity index (χ4n) is 2.93. The van der Waals surface area contributed by atoms with E-state index in [-0.39, 0.29) is 24.4 Å². The van der Waals surface area contributed by atoms with Crippen molar-refractivity contribution in [1.82, 2.24) is 10.2 Å². The van der Waals surface area contributed by atoms with E-state index in [1.165, 1.54) is 19.1 Å². The molecule has 2 aromatic rings. The van der Waals surface area contributed by atoms with Crippen molar-refractivity contribution in [3.05, 3.63) is 53.6 Å². The van der Waals surface area contributed by atoms with Crippen LogP contribution in [-0.2, 0) is 11.4 Å². The van der Waals surface area contributed by atoms with Gasteiger partial charge in [0.05, 0.1) is 20.8 Å². The van der Waals surface area contributed by atoms with Crippen LogP contribution in [0.1, 0.15) is 36.7 Å². The number of ether oxygens (including phenoxy) is 3. The Bertz CT molecular complexity index is 827. The van der Waals surface area contributed by atoms with Crippen molar-refractivity contribution < 1.29 is 23.8 Å². The molecule has 0 aromatic heterocycles. The molecule has 0 saturated heterocycles. The summed E-state index contributed by atoms with van der Waals surface area (Å²) < 4.78 is 16.8. The molecule has 0 radical (unpaired) electrons. The topological polar surface area (TPSA) is 77.1 Å². The first-order chi connectivity index (χ1) is 14.4. The van der Waals surface area contributed by atoms with Gasteiger partial charge in [0.2, 0.25) is 11.7 Å². The third-order valence-corrected chi connectivity index (χ3v) is 4.39. The maximum atomic E-state index is 13.0. The lowest BCUT2D eigenvalue weighted by Gasteiger charge is -2.22. The number of hydrogen-bond donors (Lipinski definition) is 1. The summed E-state index contributed by atoms with van der Waals surface area (Å²) in [5.41, 5.74) is 1.35. The molecule has 0 bridgehead atoms. The summed E-state index contributed by atoms with van der Waals surface area (Å²) in [7, 11) is 3.01. The average molecular weight is 415 g/mol. The lowest BCUT2D eigenvalue weighted by Crippen LogP contribution is -2.42. The van der Waals surface area contributed by atoms with E-state index in [9.17, 15) is 9.59 Å². The number of hydrogen-bond acceptors (Lipinski definition) is 5. The van der Waals surface area contributed by atoms with Crippen LogP contribution in [0.2, 0.25) is 0 Å². The van der Waals surface area contributed by atoms with Gasteiger partial charge in [0, 0.05) is 18.2 Å². The highest BCUT2D eigenvalue weighted by molar-refractivity contribution is 5.97. The number of rotatable bonds is 10.